The molecule has 1 heterocycles. The maximum Gasteiger partial charge on any atom is 0.349 e. The molecule has 0 radical (unpaired) electrons. The molecule has 2 aromatic rings. The van der Waals surface area contributed by atoms with Gasteiger partial charge in [0.15, 0.2) is 10.6 Å². The van der Waals surface area contributed by atoms with Crippen molar-refractivity contribution in [2.24, 2.45) is 0 Å². The molecule has 4 nitrogen and oxygen atoms in total. The van der Waals surface area contributed by atoms with Crippen molar-refractivity contribution in [1.82, 2.24) is 0 Å². The molecule has 0 atom stereocenters. The highest BCUT2D eigenvalue weighted by atomic mass is 32.1. The first kappa shape index (κ1) is 15.2. The van der Waals surface area contributed by atoms with Crippen molar-refractivity contribution in [2.75, 3.05) is 7.11 Å². The van der Waals surface area contributed by atoms with Gasteiger partial charge in [-0.25, -0.2) is 4.79 Å². The van der Waals surface area contributed by atoms with Crippen LogP contribution in [-0.4, -0.2) is 24.3 Å². The number of rotatable bonds is 4. The molecule has 0 unspecified atom stereocenters. The fourth-order valence-electron chi connectivity index (χ4n) is 3.03. The Morgan fingerprint density at radius 2 is 2.00 bits per heavy atom. The summed E-state index contributed by atoms with van der Waals surface area (Å²) in [5.74, 6) is 0.345. The Labute approximate surface area is 133 Å². The quantitative estimate of drug-likeness (QED) is 0.892. The number of fused-ring (bicyclic) bond motifs is 1. The first-order valence-electron chi connectivity index (χ1n) is 7.61. The Bertz CT molecular complexity index is 698. The van der Waals surface area contributed by atoms with Gasteiger partial charge in [-0.15, -0.1) is 11.3 Å². The molecule has 118 valence electrons. The van der Waals surface area contributed by atoms with E-state index in [1.807, 2.05) is 19.1 Å². The third-order valence-electron chi connectivity index (χ3n) is 4.19. The van der Waals surface area contributed by atoms with Gasteiger partial charge in [-0.05, 0) is 50.3 Å². The highest BCUT2D eigenvalue weighted by Crippen LogP contribution is 2.42. The summed E-state index contributed by atoms with van der Waals surface area (Å²) in [6.45, 7) is 1.96. The maximum atomic E-state index is 11.6. The normalized spacial score (nSPS) is 15.9. The largest absolute Gasteiger partial charge is 0.496 e. The predicted octanol–water partition coefficient (Wildman–Crippen LogP) is 4.63. The number of hydrogen-bond acceptors (Lipinski definition) is 4. The van der Waals surface area contributed by atoms with E-state index in [4.69, 9.17) is 9.47 Å². The van der Waals surface area contributed by atoms with Gasteiger partial charge in [0.2, 0.25) is 0 Å². The molecule has 1 aliphatic carbocycles. The number of carboxylic acids is 1. The minimum absolute atomic E-state index is 0.122. The van der Waals surface area contributed by atoms with Crippen LogP contribution in [0.4, 0.5) is 0 Å². The summed E-state index contributed by atoms with van der Waals surface area (Å²) in [5.41, 5.74) is 0.998. The third-order valence-corrected chi connectivity index (χ3v) is 5.31. The third kappa shape index (κ3) is 2.77. The Hall–Kier alpha value is -1.75. The number of aromatic carboxylic acids is 1. The first-order chi connectivity index (χ1) is 10.6. The number of ether oxygens (including phenoxy) is 2. The zero-order valence-corrected chi connectivity index (χ0v) is 13.7. The zero-order chi connectivity index (χ0) is 15.7. The highest BCUT2D eigenvalue weighted by Gasteiger charge is 2.24. The summed E-state index contributed by atoms with van der Waals surface area (Å²) in [6.07, 6.45) is 5.66. The van der Waals surface area contributed by atoms with Crippen molar-refractivity contribution in [3.8, 4) is 11.5 Å². The van der Waals surface area contributed by atoms with E-state index in [0.717, 1.165) is 47.1 Å². The Morgan fingerprint density at radius 3 is 2.64 bits per heavy atom. The van der Waals surface area contributed by atoms with Gasteiger partial charge in [0.05, 0.1) is 13.2 Å². The molecular formula is C17H20O4S. The van der Waals surface area contributed by atoms with Crippen molar-refractivity contribution in [3.63, 3.8) is 0 Å². The SMILES string of the molecule is COc1cc2c(OC3CCCCC3)c(C(=O)O)sc2cc1C. The molecule has 22 heavy (non-hydrogen) atoms. The second-order valence-electron chi connectivity index (χ2n) is 5.76. The zero-order valence-electron chi connectivity index (χ0n) is 12.8. The molecule has 0 aliphatic heterocycles. The lowest BCUT2D eigenvalue weighted by Gasteiger charge is -2.23. The van der Waals surface area contributed by atoms with Crippen LogP contribution in [-0.2, 0) is 0 Å². The van der Waals surface area contributed by atoms with Crippen LogP contribution < -0.4 is 9.47 Å². The molecule has 1 fully saturated rings. The van der Waals surface area contributed by atoms with Crippen LogP contribution in [0.25, 0.3) is 10.1 Å². The Balaban J connectivity index is 2.07. The van der Waals surface area contributed by atoms with E-state index in [-0.39, 0.29) is 11.0 Å². The first-order valence-corrected chi connectivity index (χ1v) is 8.43. The van der Waals surface area contributed by atoms with Crippen LogP contribution in [0.15, 0.2) is 12.1 Å². The van der Waals surface area contributed by atoms with E-state index in [0.29, 0.717) is 5.75 Å². The van der Waals surface area contributed by atoms with E-state index in [2.05, 4.69) is 0 Å². The van der Waals surface area contributed by atoms with Gasteiger partial charge in [-0.2, -0.15) is 0 Å². The van der Waals surface area contributed by atoms with E-state index in [9.17, 15) is 9.90 Å². The average molecular weight is 320 g/mol. The van der Waals surface area contributed by atoms with Crippen molar-refractivity contribution >= 4 is 27.4 Å². The summed E-state index contributed by atoms with van der Waals surface area (Å²) in [5, 5.41) is 10.3. The van der Waals surface area contributed by atoms with Crippen LogP contribution in [0.5, 0.6) is 11.5 Å². The van der Waals surface area contributed by atoms with Crippen molar-refractivity contribution < 1.29 is 19.4 Å². The van der Waals surface area contributed by atoms with Gasteiger partial charge in [0.1, 0.15) is 5.75 Å². The molecule has 3 rings (SSSR count). The maximum absolute atomic E-state index is 11.6. The number of benzene rings is 1. The van der Waals surface area contributed by atoms with E-state index in [1.54, 1.807) is 7.11 Å². The standard InChI is InChI=1S/C17H20O4S/c1-10-8-14-12(9-13(10)20-2)15(16(22-14)17(18)19)21-11-6-4-3-5-7-11/h8-9,11H,3-7H2,1-2H3,(H,18,19). The minimum Gasteiger partial charge on any atom is -0.496 e. The molecule has 1 aliphatic rings. The van der Waals surface area contributed by atoms with Crippen LogP contribution >= 0.6 is 11.3 Å². The molecule has 0 saturated heterocycles. The number of carbonyl (C=O) groups is 1. The van der Waals surface area contributed by atoms with Crippen LogP contribution in [0, 0.1) is 6.92 Å². The lowest BCUT2D eigenvalue weighted by Crippen LogP contribution is -2.20. The van der Waals surface area contributed by atoms with Gasteiger partial charge < -0.3 is 14.6 Å². The molecule has 5 heteroatoms. The highest BCUT2D eigenvalue weighted by molar-refractivity contribution is 7.21. The van der Waals surface area contributed by atoms with Gasteiger partial charge in [0.25, 0.3) is 0 Å². The fourth-order valence-corrected chi connectivity index (χ4v) is 4.08. The molecule has 1 aromatic carbocycles. The molecule has 1 saturated carbocycles. The average Bonchev–Trinajstić information content (AvgIpc) is 2.85. The number of aryl methyl sites for hydroxylation is 1. The number of thiophene rings is 1. The van der Waals surface area contributed by atoms with Gasteiger partial charge in [-0.1, -0.05) is 6.42 Å². The summed E-state index contributed by atoms with van der Waals surface area (Å²) < 4.78 is 12.4. The number of hydrogen-bond donors (Lipinski definition) is 1. The Morgan fingerprint density at radius 1 is 1.27 bits per heavy atom. The lowest BCUT2D eigenvalue weighted by molar-refractivity contribution is 0.0693. The summed E-state index contributed by atoms with van der Waals surface area (Å²) >= 11 is 1.27. The lowest BCUT2D eigenvalue weighted by atomic mass is 9.98. The summed E-state index contributed by atoms with van der Waals surface area (Å²) in [6, 6.07) is 3.87. The summed E-state index contributed by atoms with van der Waals surface area (Å²) in [4.78, 5) is 11.9. The van der Waals surface area contributed by atoms with Gasteiger partial charge >= 0.3 is 5.97 Å². The second kappa shape index (κ2) is 6.16. The molecule has 1 aromatic heterocycles. The smallest absolute Gasteiger partial charge is 0.349 e. The van der Waals surface area contributed by atoms with Crippen molar-refractivity contribution in [1.29, 1.82) is 0 Å². The molecule has 0 amide bonds. The minimum atomic E-state index is -0.927. The number of carboxylic acid groups (broad SMARTS) is 1. The predicted molar refractivity (Wildman–Crippen MR) is 87.6 cm³/mol. The second-order valence-corrected chi connectivity index (χ2v) is 6.81. The Kier molecular flexibility index (Phi) is 4.25. The number of methoxy groups -OCH3 is 1. The molecular weight excluding hydrogens is 300 g/mol. The monoisotopic (exact) mass is 320 g/mol. The van der Waals surface area contributed by atoms with Gasteiger partial charge in [-0.3, -0.25) is 0 Å². The molecule has 0 spiro atoms. The van der Waals surface area contributed by atoms with Crippen molar-refractivity contribution in [3.05, 3.63) is 22.6 Å². The topological polar surface area (TPSA) is 55.8 Å². The van der Waals surface area contributed by atoms with Crippen LogP contribution in [0.1, 0.15) is 47.3 Å². The van der Waals surface area contributed by atoms with E-state index < -0.39 is 5.97 Å². The van der Waals surface area contributed by atoms with Crippen molar-refractivity contribution in [2.45, 2.75) is 45.1 Å². The molecule has 0 bridgehead atoms. The molecule has 1 N–H and O–H groups in total. The fraction of sp³-hybridized carbons (Fsp3) is 0.471. The van der Waals surface area contributed by atoms with E-state index >= 15 is 0 Å². The summed E-state index contributed by atoms with van der Waals surface area (Å²) in [7, 11) is 1.63. The van der Waals surface area contributed by atoms with Crippen LogP contribution in [0.3, 0.4) is 0 Å². The van der Waals surface area contributed by atoms with Gasteiger partial charge in [0, 0.05) is 10.1 Å². The van der Waals surface area contributed by atoms with Crippen LogP contribution in [0.2, 0.25) is 0 Å². The van der Waals surface area contributed by atoms with E-state index in [1.165, 1.54) is 17.8 Å².